The predicted octanol–water partition coefficient (Wildman–Crippen LogP) is 6.26. The number of benzene rings is 4. The van der Waals surface area contributed by atoms with Gasteiger partial charge < -0.3 is 10.2 Å². The maximum absolute atomic E-state index is 15.3. The first kappa shape index (κ1) is 33.6. The summed E-state index contributed by atoms with van der Waals surface area (Å²) in [6.07, 6.45) is 2.45. The molecule has 1 saturated carbocycles. The lowest BCUT2D eigenvalue weighted by atomic mass is 9.49. The second-order valence-electron chi connectivity index (χ2n) is 13.8. The number of fused-ring (bicyclic) bond motifs is 4. The normalized spacial score (nSPS) is 26.6. The third kappa shape index (κ3) is 5.17. The molecule has 4 aromatic carbocycles. The monoisotopic (exact) mass is 723 g/mol. The van der Waals surface area contributed by atoms with Crippen molar-refractivity contribution in [3.63, 3.8) is 0 Å². The summed E-state index contributed by atoms with van der Waals surface area (Å²) in [6, 6.07) is 22.0. The number of likely N-dealkylation sites (tertiary alicyclic amines) is 1. The van der Waals surface area contributed by atoms with E-state index in [9.17, 15) is 29.0 Å². The lowest BCUT2D eigenvalue weighted by Gasteiger charge is -2.50. The van der Waals surface area contributed by atoms with Gasteiger partial charge in [-0.05, 0) is 103 Å². The highest BCUT2D eigenvalue weighted by Crippen LogP contribution is 2.64. The Morgan fingerprint density at radius 3 is 2.23 bits per heavy atom. The molecule has 0 spiro atoms. The van der Waals surface area contributed by atoms with Crippen LogP contribution in [0.25, 0.3) is 0 Å². The Labute approximate surface area is 302 Å². The second kappa shape index (κ2) is 12.6. The van der Waals surface area contributed by atoms with Gasteiger partial charge >= 0.3 is 0 Å². The summed E-state index contributed by atoms with van der Waals surface area (Å²) in [6.45, 7) is 0.120. The number of allylic oxidation sites excluding steroid dienone is 2. The van der Waals surface area contributed by atoms with E-state index in [-0.39, 0.29) is 42.6 Å². The van der Waals surface area contributed by atoms with E-state index in [1.54, 1.807) is 36.4 Å². The van der Waals surface area contributed by atoms with Crippen LogP contribution >= 0.6 is 11.6 Å². The van der Waals surface area contributed by atoms with Crippen molar-refractivity contribution in [2.24, 2.45) is 23.7 Å². The number of hydrogen-bond donors (Lipinski definition) is 3. The zero-order valence-electron chi connectivity index (χ0n) is 27.5. The molecule has 2 heterocycles. The lowest BCUT2D eigenvalue weighted by molar-refractivity contribution is -0.141. The molecule has 0 radical (unpaired) electrons. The van der Waals surface area contributed by atoms with Crippen LogP contribution in [0, 0.1) is 35.3 Å². The van der Waals surface area contributed by atoms with Crippen LogP contribution in [0.2, 0.25) is 5.02 Å². The van der Waals surface area contributed by atoms with Crippen molar-refractivity contribution in [1.82, 2.24) is 9.91 Å². The molecule has 0 bridgehead atoms. The molecule has 52 heavy (non-hydrogen) atoms. The average molecular weight is 724 g/mol. The molecule has 4 amide bonds. The molecule has 4 aliphatic rings. The fourth-order valence-electron chi connectivity index (χ4n) is 8.92. The van der Waals surface area contributed by atoms with Gasteiger partial charge in [-0.15, -0.1) is 0 Å². The number of halogens is 3. The summed E-state index contributed by atoms with van der Waals surface area (Å²) in [5, 5.41) is 21.2. The van der Waals surface area contributed by atoms with Crippen LogP contribution in [-0.4, -0.2) is 50.3 Å². The van der Waals surface area contributed by atoms with Gasteiger partial charge in [0.15, 0.2) is 11.6 Å². The standard InChI is InChI=1S/C40H32ClF2N3O6/c41-24-6-4-23(5-7-24)40-31(37(50)46(39(40)52)44-26-10-8-25(42)9-11-26)20-30-28(35(40)22-3-16-33(48)32(43)19-22)14-15-29-34(30)38(51)45(36(29)49)18-17-21-1-12-27(47)13-2-21/h1-14,16,19,29-31,34-35,44,47-48H,15,17-18,20H2/t29-,30+,31-,34-,35-,40+/m0/s1. The number of nitrogens with one attached hydrogen (secondary N) is 1. The Bertz CT molecular complexity index is 2160. The summed E-state index contributed by atoms with van der Waals surface area (Å²) in [4.78, 5) is 59.2. The van der Waals surface area contributed by atoms with Crippen molar-refractivity contribution in [3.8, 4) is 11.5 Å². The van der Waals surface area contributed by atoms with Gasteiger partial charge in [-0.2, -0.15) is 5.01 Å². The topological polar surface area (TPSA) is 127 Å². The van der Waals surface area contributed by atoms with E-state index in [0.29, 0.717) is 28.1 Å². The van der Waals surface area contributed by atoms with Crippen LogP contribution in [-0.2, 0) is 31.0 Å². The molecule has 6 atom stereocenters. The molecule has 2 aliphatic carbocycles. The molecular weight excluding hydrogens is 692 g/mol. The van der Waals surface area contributed by atoms with E-state index >= 15 is 9.18 Å². The third-order valence-electron chi connectivity index (χ3n) is 11.2. The van der Waals surface area contributed by atoms with E-state index in [1.165, 1.54) is 53.4 Å². The maximum Gasteiger partial charge on any atom is 0.260 e. The molecule has 264 valence electrons. The van der Waals surface area contributed by atoms with Crippen molar-refractivity contribution >= 4 is 40.9 Å². The Kier molecular flexibility index (Phi) is 8.13. The minimum Gasteiger partial charge on any atom is -0.508 e. The third-order valence-corrected chi connectivity index (χ3v) is 11.5. The summed E-state index contributed by atoms with van der Waals surface area (Å²) < 4.78 is 29.1. The van der Waals surface area contributed by atoms with Crippen LogP contribution < -0.4 is 5.43 Å². The van der Waals surface area contributed by atoms with Crippen molar-refractivity contribution in [3.05, 3.63) is 136 Å². The fourth-order valence-corrected chi connectivity index (χ4v) is 9.05. The van der Waals surface area contributed by atoms with Crippen molar-refractivity contribution in [2.45, 2.75) is 30.6 Å². The molecule has 3 N–H and O–H groups in total. The van der Waals surface area contributed by atoms with Gasteiger partial charge in [0.05, 0.1) is 28.9 Å². The van der Waals surface area contributed by atoms with Gasteiger partial charge in [-0.1, -0.05) is 53.6 Å². The molecule has 0 unspecified atom stereocenters. The summed E-state index contributed by atoms with van der Waals surface area (Å²) in [7, 11) is 0. The number of carbonyl (C=O) groups excluding carboxylic acids is 4. The fraction of sp³-hybridized carbons (Fsp3) is 0.250. The predicted molar refractivity (Wildman–Crippen MR) is 186 cm³/mol. The van der Waals surface area contributed by atoms with Crippen LogP contribution in [0.1, 0.15) is 35.4 Å². The molecule has 2 saturated heterocycles. The Morgan fingerprint density at radius 2 is 1.54 bits per heavy atom. The molecule has 12 heteroatoms. The van der Waals surface area contributed by atoms with Gasteiger partial charge in [0.25, 0.3) is 11.8 Å². The molecule has 0 aromatic heterocycles. The minimum atomic E-state index is -1.67. The largest absolute Gasteiger partial charge is 0.508 e. The zero-order valence-corrected chi connectivity index (χ0v) is 28.3. The molecule has 9 nitrogen and oxygen atoms in total. The van der Waals surface area contributed by atoms with Gasteiger partial charge in [0.2, 0.25) is 11.8 Å². The first-order valence-corrected chi connectivity index (χ1v) is 17.3. The van der Waals surface area contributed by atoms with E-state index in [0.717, 1.165) is 16.6 Å². The van der Waals surface area contributed by atoms with E-state index in [1.807, 2.05) is 6.08 Å². The van der Waals surface area contributed by atoms with E-state index in [2.05, 4.69) is 5.43 Å². The second-order valence-corrected chi connectivity index (χ2v) is 14.3. The number of carbonyl (C=O) groups is 4. The van der Waals surface area contributed by atoms with Crippen LogP contribution in [0.4, 0.5) is 14.5 Å². The molecule has 4 aromatic rings. The van der Waals surface area contributed by atoms with Crippen molar-refractivity contribution in [1.29, 1.82) is 0 Å². The summed E-state index contributed by atoms with van der Waals surface area (Å²) in [5.74, 6) is -8.16. The number of amides is 4. The molecule has 2 aliphatic heterocycles. The minimum absolute atomic E-state index is 0.0314. The van der Waals surface area contributed by atoms with Gasteiger partial charge in [0.1, 0.15) is 11.6 Å². The highest BCUT2D eigenvalue weighted by atomic mass is 35.5. The number of hydrogen-bond acceptors (Lipinski definition) is 7. The number of phenols is 2. The van der Waals surface area contributed by atoms with E-state index in [4.69, 9.17) is 11.6 Å². The Morgan fingerprint density at radius 1 is 0.827 bits per heavy atom. The SMILES string of the molecule is O=C1[C@H]2[C@H](CC=C3[C@H]2C[C@H]2C(=O)N(Nc4ccc(F)cc4)C(=O)[C@@]2(c2ccc(Cl)cc2)[C@H]3c2ccc(O)c(F)c2)C(=O)N1CCc1ccc(O)cc1. The number of nitrogens with zero attached hydrogens (tertiary/aromatic N) is 2. The summed E-state index contributed by atoms with van der Waals surface area (Å²) >= 11 is 6.30. The lowest BCUT2D eigenvalue weighted by Crippen LogP contribution is -2.53. The molecular formula is C40H32ClF2N3O6. The smallest absolute Gasteiger partial charge is 0.260 e. The van der Waals surface area contributed by atoms with Crippen molar-refractivity contribution < 1.29 is 38.2 Å². The molecule has 8 rings (SSSR count). The molecule has 3 fully saturated rings. The Hall–Kier alpha value is -5.55. The van der Waals surface area contributed by atoms with Gasteiger partial charge in [0, 0.05) is 17.5 Å². The number of imide groups is 2. The number of anilines is 1. The quantitative estimate of drug-likeness (QED) is 0.152. The van der Waals surface area contributed by atoms with Gasteiger partial charge in [-0.25, -0.2) is 8.78 Å². The summed E-state index contributed by atoms with van der Waals surface area (Å²) in [5.41, 5.74) is 3.68. The zero-order chi connectivity index (χ0) is 36.5. The average Bonchev–Trinajstić information content (AvgIpc) is 3.50. The number of rotatable bonds is 7. The van der Waals surface area contributed by atoms with Gasteiger partial charge in [-0.3, -0.25) is 29.5 Å². The van der Waals surface area contributed by atoms with E-state index < -0.39 is 64.2 Å². The number of aromatic hydroxyl groups is 2. The highest BCUT2D eigenvalue weighted by Gasteiger charge is 2.70. The van der Waals surface area contributed by atoms with Crippen molar-refractivity contribution in [2.75, 3.05) is 12.0 Å². The maximum atomic E-state index is 15.3. The number of phenolic OH excluding ortho intramolecular Hbond substituents is 2. The van der Waals surface area contributed by atoms with Crippen LogP contribution in [0.5, 0.6) is 11.5 Å². The first-order valence-electron chi connectivity index (χ1n) is 17.0. The first-order chi connectivity index (χ1) is 25.0. The number of hydrazine groups is 1. The highest BCUT2D eigenvalue weighted by molar-refractivity contribution is 6.30. The van der Waals surface area contributed by atoms with Crippen LogP contribution in [0.3, 0.4) is 0 Å². The van der Waals surface area contributed by atoms with Crippen LogP contribution in [0.15, 0.2) is 103 Å². The Balaban J connectivity index is 1.26.